The first-order valence-electron chi connectivity index (χ1n) is 42.5. The molecule has 0 fully saturated rings. The van der Waals surface area contributed by atoms with Crippen molar-refractivity contribution < 1.29 is 80.2 Å². The molecule has 0 aliphatic rings. The highest BCUT2D eigenvalue weighted by molar-refractivity contribution is 7.47. The molecule has 600 valence electrons. The molecule has 3 unspecified atom stereocenters. The number of aliphatic hydroxyl groups excluding tert-OH is 1. The molecule has 101 heavy (non-hydrogen) atoms. The molecular formula is C82H160O17P2. The van der Waals surface area contributed by atoms with Crippen LogP contribution in [0.15, 0.2) is 0 Å². The van der Waals surface area contributed by atoms with E-state index in [0.29, 0.717) is 25.7 Å². The van der Waals surface area contributed by atoms with Crippen molar-refractivity contribution in [1.29, 1.82) is 0 Å². The Hall–Kier alpha value is -1.94. The van der Waals surface area contributed by atoms with Crippen LogP contribution in [0.4, 0.5) is 0 Å². The summed E-state index contributed by atoms with van der Waals surface area (Å²) in [5, 5.41) is 10.6. The zero-order chi connectivity index (χ0) is 74.2. The van der Waals surface area contributed by atoms with Crippen molar-refractivity contribution in [2.45, 2.75) is 452 Å². The van der Waals surface area contributed by atoms with Gasteiger partial charge in [0.15, 0.2) is 12.2 Å². The molecule has 17 nitrogen and oxygen atoms in total. The average molecular weight is 1480 g/mol. The van der Waals surface area contributed by atoms with Gasteiger partial charge in [0, 0.05) is 25.7 Å². The van der Waals surface area contributed by atoms with E-state index in [-0.39, 0.29) is 25.7 Å². The molecule has 0 aromatic carbocycles. The highest BCUT2D eigenvalue weighted by Crippen LogP contribution is 2.45. The lowest BCUT2D eigenvalue weighted by Gasteiger charge is -2.21. The molecule has 0 aliphatic carbocycles. The molecule has 0 spiro atoms. The van der Waals surface area contributed by atoms with Crippen molar-refractivity contribution in [3.8, 4) is 0 Å². The van der Waals surface area contributed by atoms with Crippen LogP contribution in [0.2, 0.25) is 0 Å². The number of carbonyl (C=O) groups excluding carboxylic acids is 4. The van der Waals surface area contributed by atoms with Gasteiger partial charge in [0.05, 0.1) is 26.4 Å². The van der Waals surface area contributed by atoms with E-state index in [0.717, 1.165) is 108 Å². The summed E-state index contributed by atoms with van der Waals surface area (Å²) in [5.41, 5.74) is 0. The smallest absolute Gasteiger partial charge is 0.462 e. The fourth-order valence-corrected chi connectivity index (χ4v) is 14.3. The number of unbranched alkanes of at least 4 members (excludes halogenated alkanes) is 50. The summed E-state index contributed by atoms with van der Waals surface area (Å²) < 4.78 is 68.8. The number of rotatable bonds is 81. The Bertz CT molecular complexity index is 1940. The number of aliphatic hydroxyl groups is 1. The van der Waals surface area contributed by atoms with Gasteiger partial charge in [0.1, 0.15) is 19.3 Å². The summed E-state index contributed by atoms with van der Waals surface area (Å²) in [5.74, 6) is -0.613. The molecule has 0 aromatic heterocycles. The van der Waals surface area contributed by atoms with Crippen molar-refractivity contribution in [3.63, 3.8) is 0 Å². The van der Waals surface area contributed by atoms with Gasteiger partial charge in [-0.05, 0) is 37.5 Å². The Kier molecular flexibility index (Phi) is 72.2. The van der Waals surface area contributed by atoms with Crippen LogP contribution in [0.1, 0.15) is 433 Å². The van der Waals surface area contributed by atoms with Crippen molar-refractivity contribution in [2.24, 2.45) is 11.8 Å². The molecule has 0 rings (SSSR count). The monoisotopic (exact) mass is 1480 g/mol. The van der Waals surface area contributed by atoms with Gasteiger partial charge in [-0.1, -0.05) is 382 Å². The predicted octanol–water partition coefficient (Wildman–Crippen LogP) is 24.7. The fourth-order valence-electron chi connectivity index (χ4n) is 12.7. The maximum Gasteiger partial charge on any atom is 0.472 e. The van der Waals surface area contributed by atoms with Crippen LogP contribution in [0, 0.1) is 11.8 Å². The number of ether oxygens (including phenoxy) is 4. The molecule has 3 N–H and O–H groups in total. The first-order valence-corrected chi connectivity index (χ1v) is 45.5. The topological polar surface area (TPSA) is 237 Å². The van der Waals surface area contributed by atoms with E-state index in [1.807, 2.05) is 0 Å². The van der Waals surface area contributed by atoms with Crippen LogP contribution in [0.25, 0.3) is 0 Å². The molecule has 0 saturated carbocycles. The fraction of sp³-hybridized carbons (Fsp3) is 0.951. The van der Waals surface area contributed by atoms with Crippen LogP contribution in [-0.2, 0) is 65.4 Å². The van der Waals surface area contributed by atoms with Crippen LogP contribution in [0.3, 0.4) is 0 Å². The highest BCUT2D eigenvalue weighted by Gasteiger charge is 2.30. The van der Waals surface area contributed by atoms with Crippen LogP contribution in [0.5, 0.6) is 0 Å². The summed E-state index contributed by atoms with van der Waals surface area (Å²) in [6.45, 7) is 9.60. The normalized spacial score (nSPS) is 14.2. The third kappa shape index (κ3) is 74.7. The van der Waals surface area contributed by atoms with Crippen LogP contribution in [-0.4, -0.2) is 96.7 Å². The van der Waals surface area contributed by atoms with Gasteiger partial charge >= 0.3 is 39.5 Å². The minimum absolute atomic E-state index is 0.106. The number of hydrogen-bond acceptors (Lipinski definition) is 15. The first kappa shape index (κ1) is 99.1. The molecule has 0 heterocycles. The van der Waals surface area contributed by atoms with Gasteiger partial charge in [0.25, 0.3) is 0 Å². The second-order valence-electron chi connectivity index (χ2n) is 30.2. The Balaban J connectivity index is 5.24. The summed E-state index contributed by atoms with van der Waals surface area (Å²) in [6, 6.07) is 0. The van der Waals surface area contributed by atoms with E-state index in [4.69, 9.17) is 37.0 Å². The number of hydrogen-bond donors (Lipinski definition) is 3. The summed E-state index contributed by atoms with van der Waals surface area (Å²) in [7, 11) is -9.92. The van der Waals surface area contributed by atoms with Gasteiger partial charge in [-0.2, -0.15) is 0 Å². The third-order valence-corrected chi connectivity index (χ3v) is 21.5. The maximum atomic E-state index is 13.1. The molecule has 19 heteroatoms. The van der Waals surface area contributed by atoms with Gasteiger partial charge in [-0.15, -0.1) is 0 Å². The van der Waals surface area contributed by atoms with E-state index in [1.165, 1.54) is 244 Å². The zero-order valence-electron chi connectivity index (χ0n) is 66.2. The molecule has 0 radical (unpaired) electrons. The molecule has 0 aromatic rings. The Morgan fingerprint density at radius 1 is 0.287 bits per heavy atom. The Morgan fingerprint density at radius 3 is 0.752 bits per heavy atom. The van der Waals surface area contributed by atoms with Crippen LogP contribution < -0.4 is 0 Å². The minimum Gasteiger partial charge on any atom is -0.462 e. The molecular weight excluding hydrogens is 1320 g/mol. The molecule has 0 aliphatic heterocycles. The number of carbonyl (C=O) groups is 4. The van der Waals surface area contributed by atoms with Crippen molar-refractivity contribution in [2.75, 3.05) is 39.6 Å². The second kappa shape index (κ2) is 73.6. The van der Waals surface area contributed by atoms with Crippen LogP contribution >= 0.6 is 15.6 Å². The van der Waals surface area contributed by atoms with Gasteiger partial charge in [-0.3, -0.25) is 37.3 Å². The Morgan fingerprint density at radius 2 is 0.505 bits per heavy atom. The summed E-state index contributed by atoms with van der Waals surface area (Å²) >= 11 is 0. The van der Waals surface area contributed by atoms with E-state index >= 15 is 0 Å². The van der Waals surface area contributed by atoms with E-state index in [1.54, 1.807) is 0 Å². The van der Waals surface area contributed by atoms with Crippen molar-refractivity contribution in [3.05, 3.63) is 0 Å². The third-order valence-electron chi connectivity index (χ3n) is 19.6. The zero-order valence-corrected chi connectivity index (χ0v) is 68.0. The number of phosphoric acid groups is 2. The minimum atomic E-state index is -4.96. The van der Waals surface area contributed by atoms with Gasteiger partial charge in [-0.25, -0.2) is 9.13 Å². The average Bonchev–Trinajstić information content (AvgIpc) is 0.946. The standard InChI is InChI=1S/C82H160O17P2/c1-7-10-12-14-16-18-20-22-24-26-28-30-32-34-38-42-46-54-60-66-81(86)98-77(70-92-79(84)64-58-52-45-41-37-33-31-29-27-25-23-21-19-17-15-13-11-8-2)72-96-100(88,89)94-68-76(83)69-95-101(90,91)97-73-78(71-93-80(85)65-59-53-49-48-51-57-63-75(6)9-3)99-82(87)67-61-55-47-43-39-35-36-40-44-50-56-62-74(4)5/h74-78,83H,7-73H2,1-6H3,(H,88,89)(H,90,91)/t75?,76-,77-,78-/m1/s1. The SMILES string of the molecule is CCCCCCCCCCCCCCCCCCCCCC(=O)O[C@H](COC(=O)CCCCCCCCCCCCCCCCCCCC)COP(=O)(O)OC[C@@H](O)COP(=O)(O)OC[C@@H](COC(=O)CCCCCCCCC(C)CC)OC(=O)CCCCCCCCCCCCCC(C)C. The second-order valence-corrected chi connectivity index (χ2v) is 33.1. The number of phosphoric ester groups is 2. The van der Waals surface area contributed by atoms with Gasteiger partial charge < -0.3 is 33.8 Å². The quantitative estimate of drug-likeness (QED) is 0.0222. The van der Waals surface area contributed by atoms with Crippen molar-refractivity contribution in [1.82, 2.24) is 0 Å². The van der Waals surface area contributed by atoms with Crippen molar-refractivity contribution >= 4 is 39.5 Å². The highest BCUT2D eigenvalue weighted by atomic mass is 31.2. The summed E-state index contributed by atoms with van der Waals surface area (Å²) in [4.78, 5) is 73.1. The Labute approximate surface area is 619 Å². The van der Waals surface area contributed by atoms with E-state index in [9.17, 15) is 43.2 Å². The molecule has 6 atom stereocenters. The molecule has 0 saturated heterocycles. The predicted molar refractivity (Wildman–Crippen MR) is 414 cm³/mol. The lowest BCUT2D eigenvalue weighted by molar-refractivity contribution is -0.161. The van der Waals surface area contributed by atoms with E-state index in [2.05, 4.69) is 41.5 Å². The van der Waals surface area contributed by atoms with Gasteiger partial charge in [0.2, 0.25) is 0 Å². The molecule has 0 bridgehead atoms. The summed E-state index contributed by atoms with van der Waals surface area (Å²) in [6.07, 6.45) is 63.9. The first-order chi connectivity index (χ1) is 48.9. The largest absolute Gasteiger partial charge is 0.472 e. The lowest BCUT2D eigenvalue weighted by atomic mass is 10.00. The molecule has 0 amide bonds. The lowest BCUT2D eigenvalue weighted by Crippen LogP contribution is -2.30. The number of esters is 4. The van der Waals surface area contributed by atoms with E-state index < -0.39 is 97.5 Å². The maximum absolute atomic E-state index is 13.1.